The van der Waals surface area contributed by atoms with Gasteiger partial charge < -0.3 is 15.0 Å². The number of carbonyl (C=O) groups excluding carboxylic acids is 1. The minimum atomic E-state index is -0.645. The monoisotopic (exact) mass is 653 g/mol. The zero-order valence-electron chi connectivity index (χ0n) is 23.3. The number of carbonyl (C=O) groups is 1. The van der Waals surface area contributed by atoms with Crippen LogP contribution in [-0.4, -0.2) is 43.3 Å². The van der Waals surface area contributed by atoms with Crippen molar-refractivity contribution >= 4 is 56.9 Å². The van der Waals surface area contributed by atoms with E-state index in [2.05, 4.69) is 51.7 Å². The second-order valence-corrected chi connectivity index (χ2v) is 13.8. The van der Waals surface area contributed by atoms with Crippen molar-refractivity contribution in [1.29, 1.82) is 0 Å². The smallest absolute Gasteiger partial charge is 0.231 e. The zero-order chi connectivity index (χ0) is 28.8. The molecule has 5 nitrogen and oxygen atoms in total. The van der Waals surface area contributed by atoms with Crippen LogP contribution in [0.4, 0.5) is 5.69 Å². The summed E-state index contributed by atoms with van der Waals surface area (Å²) in [6.45, 7) is 6.71. The molecule has 1 spiro atoms. The third-order valence-electron chi connectivity index (χ3n) is 8.77. The van der Waals surface area contributed by atoms with Crippen LogP contribution in [0.15, 0.2) is 70.1 Å². The maximum atomic E-state index is 13.3. The van der Waals surface area contributed by atoms with E-state index in [1.807, 2.05) is 55.1 Å². The standard InChI is InChI=1S/C33H34BrCl2N3O2/c1-32(2,31(40)39-14-3-4-15-39)20-41-29-11-8-22(34)17-25(29)30-33(19-38-28-18-24(36)9-10-27(28)33)26(12-13-37-30)21-6-5-7-23(35)16-21/h5-11,16-19,26,30,37H,3-4,12-15,20H2,1-2H3/t26-,30-,33-/m0/s1. The molecular weight excluding hydrogens is 621 g/mol. The number of aliphatic imine (C=N–C) groups is 1. The molecule has 3 aliphatic heterocycles. The molecule has 2 fully saturated rings. The second-order valence-electron chi connectivity index (χ2n) is 12.0. The lowest BCUT2D eigenvalue weighted by atomic mass is 9.60. The second kappa shape index (κ2) is 11.4. The van der Waals surface area contributed by atoms with Crippen LogP contribution in [0.2, 0.25) is 10.0 Å². The first-order valence-electron chi connectivity index (χ1n) is 14.2. The van der Waals surface area contributed by atoms with Crippen molar-refractivity contribution in [3.8, 4) is 5.75 Å². The van der Waals surface area contributed by atoms with E-state index in [1.165, 1.54) is 5.56 Å². The molecule has 3 aromatic carbocycles. The molecule has 3 aliphatic rings. The predicted octanol–water partition coefficient (Wildman–Crippen LogP) is 8.26. The number of ether oxygens (including phenoxy) is 1. The van der Waals surface area contributed by atoms with Crippen molar-refractivity contribution in [2.24, 2.45) is 10.4 Å². The van der Waals surface area contributed by atoms with Crippen LogP contribution in [0.25, 0.3) is 0 Å². The van der Waals surface area contributed by atoms with E-state index in [4.69, 9.17) is 32.9 Å². The van der Waals surface area contributed by atoms with E-state index in [-0.39, 0.29) is 24.5 Å². The topological polar surface area (TPSA) is 53.9 Å². The number of halogens is 3. The molecule has 8 heteroatoms. The number of piperidine rings is 1. The third kappa shape index (κ3) is 5.33. The van der Waals surface area contributed by atoms with Crippen molar-refractivity contribution in [3.05, 3.63) is 91.9 Å². The van der Waals surface area contributed by atoms with Gasteiger partial charge in [-0.15, -0.1) is 0 Å². The molecule has 0 saturated carbocycles. The quantitative estimate of drug-likeness (QED) is 0.291. The number of nitrogens with one attached hydrogen (secondary N) is 1. The molecule has 3 heterocycles. The Balaban J connectivity index is 1.42. The van der Waals surface area contributed by atoms with E-state index < -0.39 is 10.8 Å². The van der Waals surface area contributed by atoms with Crippen LogP contribution < -0.4 is 10.1 Å². The van der Waals surface area contributed by atoms with Crippen molar-refractivity contribution in [1.82, 2.24) is 10.2 Å². The fourth-order valence-corrected chi connectivity index (χ4v) is 7.53. The molecule has 2 saturated heterocycles. The highest BCUT2D eigenvalue weighted by Gasteiger charge is 2.53. The summed E-state index contributed by atoms with van der Waals surface area (Å²) < 4.78 is 7.52. The Morgan fingerprint density at radius 1 is 1.10 bits per heavy atom. The number of nitrogens with zero attached hydrogens (tertiary/aromatic N) is 2. The molecular formula is C33H34BrCl2N3O2. The Hall–Kier alpha value is -2.38. The van der Waals surface area contributed by atoms with Gasteiger partial charge in [-0.1, -0.05) is 57.3 Å². The van der Waals surface area contributed by atoms with Gasteiger partial charge in [0.2, 0.25) is 5.91 Å². The predicted molar refractivity (Wildman–Crippen MR) is 170 cm³/mol. The number of rotatable bonds is 6. The molecule has 41 heavy (non-hydrogen) atoms. The molecule has 0 aromatic heterocycles. The number of hydrogen-bond donors (Lipinski definition) is 1. The highest BCUT2D eigenvalue weighted by atomic mass is 79.9. The minimum absolute atomic E-state index is 0.110. The fourth-order valence-electron chi connectivity index (χ4n) is 6.79. The summed E-state index contributed by atoms with van der Waals surface area (Å²) in [5, 5.41) is 5.22. The zero-order valence-corrected chi connectivity index (χ0v) is 26.4. The average molecular weight is 655 g/mol. The Morgan fingerprint density at radius 2 is 1.88 bits per heavy atom. The lowest BCUT2D eigenvalue weighted by Crippen LogP contribution is -2.51. The van der Waals surface area contributed by atoms with Gasteiger partial charge in [-0.25, -0.2) is 0 Å². The Labute approximate surface area is 260 Å². The molecule has 1 N–H and O–H groups in total. The van der Waals surface area contributed by atoms with Gasteiger partial charge in [0.15, 0.2) is 0 Å². The molecule has 3 aromatic rings. The van der Waals surface area contributed by atoms with E-state index in [1.54, 1.807) is 0 Å². The molecule has 3 atom stereocenters. The first-order chi connectivity index (χ1) is 19.7. The SMILES string of the molecule is CC(C)(COc1ccc(Br)cc1[C@@H]1NCC[C@@H](c2cccc(Cl)c2)[C@]12C=Nc1cc(Cl)ccc12)C(=O)N1CCCC1. The van der Waals surface area contributed by atoms with Gasteiger partial charge in [0.1, 0.15) is 12.4 Å². The van der Waals surface area contributed by atoms with Crippen LogP contribution in [0.5, 0.6) is 5.75 Å². The van der Waals surface area contributed by atoms with Crippen LogP contribution in [0.1, 0.15) is 61.8 Å². The molecule has 0 unspecified atom stereocenters. The van der Waals surface area contributed by atoms with Crippen molar-refractivity contribution in [2.75, 3.05) is 26.2 Å². The normalized spacial score (nSPS) is 23.7. The summed E-state index contributed by atoms with van der Waals surface area (Å²) >= 11 is 16.6. The number of benzene rings is 3. The van der Waals surface area contributed by atoms with Gasteiger partial charge in [0.25, 0.3) is 0 Å². The average Bonchev–Trinajstić information content (AvgIpc) is 3.61. The first-order valence-corrected chi connectivity index (χ1v) is 15.8. The molecule has 0 bridgehead atoms. The molecule has 214 valence electrons. The highest BCUT2D eigenvalue weighted by molar-refractivity contribution is 9.10. The Kier molecular flexibility index (Phi) is 7.96. The van der Waals surface area contributed by atoms with E-state index in [0.29, 0.717) is 5.02 Å². The summed E-state index contributed by atoms with van der Waals surface area (Å²) in [7, 11) is 0. The molecule has 0 radical (unpaired) electrons. The van der Waals surface area contributed by atoms with E-state index in [0.717, 1.165) is 71.0 Å². The summed E-state index contributed by atoms with van der Waals surface area (Å²) in [5.74, 6) is 1.02. The van der Waals surface area contributed by atoms with Gasteiger partial charge >= 0.3 is 0 Å². The van der Waals surface area contributed by atoms with E-state index >= 15 is 0 Å². The Morgan fingerprint density at radius 3 is 2.66 bits per heavy atom. The van der Waals surface area contributed by atoms with Crippen LogP contribution >= 0.6 is 39.1 Å². The summed E-state index contributed by atoms with van der Waals surface area (Å²) in [6.07, 6.45) is 5.14. The molecule has 6 rings (SSSR count). The molecule has 1 amide bonds. The van der Waals surface area contributed by atoms with Crippen molar-refractivity contribution in [3.63, 3.8) is 0 Å². The first kappa shape index (κ1) is 28.7. The van der Waals surface area contributed by atoms with Crippen LogP contribution in [-0.2, 0) is 10.2 Å². The Bertz CT molecular complexity index is 1500. The third-order valence-corrected chi connectivity index (χ3v) is 9.74. The van der Waals surface area contributed by atoms with Gasteiger partial charge in [0, 0.05) is 45.3 Å². The minimum Gasteiger partial charge on any atom is -0.492 e. The largest absolute Gasteiger partial charge is 0.492 e. The number of amides is 1. The van der Waals surface area contributed by atoms with Gasteiger partial charge in [-0.05, 0) is 93.2 Å². The van der Waals surface area contributed by atoms with Crippen LogP contribution in [0, 0.1) is 5.41 Å². The molecule has 0 aliphatic carbocycles. The lowest BCUT2D eigenvalue weighted by molar-refractivity contribution is -0.140. The van der Waals surface area contributed by atoms with Crippen LogP contribution in [0.3, 0.4) is 0 Å². The summed E-state index contributed by atoms with van der Waals surface area (Å²) in [4.78, 5) is 20.2. The van der Waals surface area contributed by atoms with Gasteiger partial charge in [-0.2, -0.15) is 0 Å². The summed E-state index contributed by atoms with van der Waals surface area (Å²) in [5.41, 5.74) is 3.04. The summed E-state index contributed by atoms with van der Waals surface area (Å²) in [6, 6.07) is 20.1. The highest BCUT2D eigenvalue weighted by Crippen LogP contribution is 2.57. The van der Waals surface area contributed by atoms with E-state index in [9.17, 15) is 4.79 Å². The lowest BCUT2D eigenvalue weighted by Gasteiger charge is -2.48. The van der Waals surface area contributed by atoms with Crippen molar-refractivity contribution in [2.45, 2.75) is 50.5 Å². The number of hydrogen-bond acceptors (Lipinski definition) is 4. The number of likely N-dealkylation sites (tertiary alicyclic amines) is 1. The maximum Gasteiger partial charge on any atom is 0.231 e. The fraction of sp³-hybridized carbons (Fsp3) is 0.394. The van der Waals surface area contributed by atoms with Crippen molar-refractivity contribution < 1.29 is 9.53 Å². The van der Waals surface area contributed by atoms with Gasteiger partial charge in [0.05, 0.1) is 22.6 Å². The van der Waals surface area contributed by atoms with Gasteiger partial charge in [-0.3, -0.25) is 9.79 Å². The maximum absolute atomic E-state index is 13.3. The number of fused-ring (bicyclic) bond motifs is 2.